The monoisotopic (exact) mass is 532 g/mol. The van der Waals surface area contributed by atoms with Crippen LogP contribution in [-0.2, 0) is 23.1 Å². The molecule has 0 aliphatic rings. The van der Waals surface area contributed by atoms with Gasteiger partial charge >= 0.3 is 0 Å². The molecule has 3 N–H and O–H groups in total. The number of nitrogens with one attached hydrogen (secondary N) is 2. The zero-order valence-corrected chi connectivity index (χ0v) is 21.8. The average molecular weight is 533 g/mol. The Labute approximate surface area is 224 Å². The lowest BCUT2D eigenvalue weighted by Crippen LogP contribution is -2.32. The summed E-state index contributed by atoms with van der Waals surface area (Å²) in [4.78, 5) is 0.223. The minimum absolute atomic E-state index is 0.174. The van der Waals surface area contributed by atoms with Crippen molar-refractivity contribution in [2.24, 2.45) is 0 Å². The molecule has 0 heterocycles. The van der Waals surface area contributed by atoms with Crippen molar-refractivity contribution in [1.82, 2.24) is 5.32 Å². The molecular weight excluding hydrogens is 500 g/mol. The SMILES string of the molecule is O=S(=O)(Nc1ccc(CCNCC(O)COc2ccc(OCc3ccccc3)cc2)cc1)c1ccccc1. The predicted octanol–water partition coefficient (Wildman–Crippen LogP) is 4.64. The Balaban J connectivity index is 1.12. The first kappa shape index (κ1) is 27.2. The highest BCUT2D eigenvalue weighted by Crippen LogP contribution is 2.19. The fourth-order valence-corrected chi connectivity index (χ4v) is 4.76. The fraction of sp³-hybridized carbons (Fsp3) is 0.200. The molecule has 0 amide bonds. The van der Waals surface area contributed by atoms with Gasteiger partial charge in [0.05, 0.1) is 4.90 Å². The van der Waals surface area contributed by atoms with Crippen LogP contribution in [0, 0.1) is 0 Å². The van der Waals surface area contributed by atoms with Gasteiger partial charge in [0, 0.05) is 12.2 Å². The van der Waals surface area contributed by atoms with Crippen LogP contribution >= 0.6 is 0 Å². The quantitative estimate of drug-likeness (QED) is 0.205. The minimum Gasteiger partial charge on any atom is -0.491 e. The first-order valence-electron chi connectivity index (χ1n) is 12.4. The second kappa shape index (κ2) is 13.6. The normalized spacial score (nSPS) is 12.0. The lowest BCUT2D eigenvalue weighted by molar-refractivity contribution is 0.106. The van der Waals surface area contributed by atoms with Crippen molar-refractivity contribution < 1.29 is 23.0 Å². The Bertz CT molecular complexity index is 1350. The first-order valence-corrected chi connectivity index (χ1v) is 13.9. The lowest BCUT2D eigenvalue weighted by Gasteiger charge is -2.14. The fourth-order valence-electron chi connectivity index (χ4n) is 3.68. The van der Waals surface area contributed by atoms with Crippen molar-refractivity contribution in [3.05, 3.63) is 120 Å². The van der Waals surface area contributed by atoms with Gasteiger partial charge in [0.2, 0.25) is 0 Å². The first-order chi connectivity index (χ1) is 18.5. The Morgan fingerprint density at radius 2 is 1.32 bits per heavy atom. The number of anilines is 1. The molecule has 1 atom stereocenters. The van der Waals surface area contributed by atoms with Gasteiger partial charge in [0.25, 0.3) is 10.0 Å². The van der Waals surface area contributed by atoms with E-state index in [-0.39, 0.29) is 11.5 Å². The van der Waals surface area contributed by atoms with Crippen LogP contribution in [0.3, 0.4) is 0 Å². The van der Waals surface area contributed by atoms with Crippen LogP contribution in [0.2, 0.25) is 0 Å². The topological polar surface area (TPSA) is 96.9 Å². The zero-order valence-electron chi connectivity index (χ0n) is 21.0. The molecule has 198 valence electrons. The highest BCUT2D eigenvalue weighted by Gasteiger charge is 2.13. The highest BCUT2D eigenvalue weighted by molar-refractivity contribution is 7.92. The van der Waals surface area contributed by atoms with E-state index in [4.69, 9.17) is 9.47 Å². The molecule has 0 bridgehead atoms. The number of hydrogen-bond donors (Lipinski definition) is 3. The standard InChI is InChI=1S/C30H32N2O5S/c33-27(23-37-29-17-15-28(16-18-29)36-22-25-7-3-1-4-8-25)21-31-20-19-24-11-13-26(14-12-24)32-38(34,35)30-9-5-2-6-10-30/h1-18,27,31-33H,19-23H2. The summed E-state index contributed by atoms with van der Waals surface area (Å²) in [5.74, 6) is 1.42. The minimum atomic E-state index is -3.61. The van der Waals surface area contributed by atoms with Gasteiger partial charge in [0.1, 0.15) is 30.8 Å². The van der Waals surface area contributed by atoms with E-state index in [1.807, 2.05) is 66.7 Å². The maximum absolute atomic E-state index is 12.4. The lowest BCUT2D eigenvalue weighted by atomic mass is 10.1. The number of aliphatic hydroxyl groups is 1. The van der Waals surface area contributed by atoms with E-state index in [1.54, 1.807) is 42.5 Å². The third-order valence-corrected chi connectivity index (χ3v) is 7.14. The van der Waals surface area contributed by atoms with Crippen molar-refractivity contribution in [2.45, 2.75) is 24.0 Å². The van der Waals surface area contributed by atoms with Crippen LogP contribution in [0.5, 0.6) is 11.5 Å². The molecule has 0 aromatic heterocycles. The average Bonchev–Trinajstić information content (AvgIpc) is 2.95. The van der Waals surface area contributed by atoms with Crippen molar-refractivity contribution in [3.8, 4) is 11.5 Å². The second-order valence-corrected chi connectivity index (χ2v) is 10.5. The second-order valence-electron chi connectivity index (χ2n) is 8.78. The molecule has 0 aliphatic carbocycles. The van der Waals surface area contributed by atoms with Crippen LogP contribution in [0.25, 0.3) is 0 Å². The molecule has 0 fully saturated rings. The van der Waals surface area contributed by atoms with Gasteiger partial charge in [-0.1, -0.05) is 60.7 Å². The van der Waals surface area contributed by atoms with Gasteiger partial charge in [-0.05, 0) is 72.6 Å². The van der Waals surface area contributed by atoms with E-state index in [1.165, 1.54) is 0 Å². The summed E-state index contributed by atoms with van der Waals surface area (Å²) >= 11 is 0. The van der Waals surface area contributed by atoms with E-state index in [0.717, 1.165) is 23.3 Å². The molecular formula is C30H32N2O5S. The number of ether oxygens (including phenoxy) is 2. The molecule has 1 unspecified atom stereocenters. The van der Waals surface area contributed by atoms with Crippen LogP contribution in [-0.4, -0.2) is 39.3 Å². The summed E-state index contributed by atoms with van der Waals surface area (Å²) < 4.78 is 38.9. The van der Waals surface area contributed by atoms with E-state index < -0.39 is 16.1 Å². The number of sulfonamides is 1. The van der Waals surface area contributed by atoms with Gasteiger partial charge in [-0.2, -0.15) is 0 Å². The maximum Gasteiger partial charge on any atom is 0.261 e. The molecule has 0 saturated carbocycles. The third kappa shape index (κ3) is 8.62. The van der Waals surface area contributed by atoms with Crippen LogP contribution in [0.4, 0.5) is 5.69 Å². The molecule has 0 radical (unpaired) electrons. The smallest absolute Gasteiger partial charge is 0.261 e. The zero-order chi connectivity index (χ0) is 26.6. The van der Waals surface area contributed by atoms with E-state index in [9.17, 15) is 13.5 Å². The molecule has 0 aliphatic heterocycles. The van der Waals surface area contributed by atoms with Crippen molar-refractivity contribution in [1.29, 1.82) is 0 Å². The molecule has 4 aromatic rings. The number of aliphatic hydroxyl groups excluding tert-OH is 1. The van der Waals surface area contributed by atoms with Gasteiger partial charge in [0.15, 0.2) is 0 Å². The molecule has 4 aromatic carbocycles. The molecule has 4 rings (SSSR count). The van der Waals surface area contributed by atoms with Crippen LogP contribution in [0.1, 0.15) is 11.1 Å². The van der Waals surface area contributed by atoms with E-state index in [2.05, 4.69) is 10.0 Å². The molecule has 0 spiro atoms. The summed E-state index contributed by atoms with van der Waals surface area (Å²) in [6.07, 6.45) is 0.0859. The van der Waals surface area contributed by atoms with Gasteiger partial charge in [-0.3, -0.25) is 4.72 Å². The van der Waals surface area contributed by atoms with Gasteiger partial charge in [-0.15, -0.1) is 0 Å². The molecule has 0 saturated heterocycles. The molecule has 8 heteroatoms. The van der Waals surface area contributed by atoms with Gasteiger partial charge in [-0.25, -0.2) is 8.42 Å². The Morgan fingerprint density at radius 1 is 0.711 bits per heavy atom. The summed E-state index contributed by atoms with van der Waals surface area (Å²) in [7, 11) is -3.61. The van der Waals surface area contributed by atoms with Crippen LogP contribution in [0.15, 0.2) is 114 Å². The number of benzene rings is 4. The largest absolute Gasteiger partial charge is 0.491 e. The Morgan fingerprint density at radius 3 is 1.97 bits per heavy atom. The van der Waals surface area contributed by atoms with Crippen molar-refractivity contribution in [3.63, 3.8) is 0 Å². The van der Waals surface area contributed by atoms with Crippen molar-refractivity contribution in [2.75, 3.05) is 24.4 Å². The highest BCUT2D eigenvalue weighted by atomic mass is 32.2. The molecule has 7 nitrogen and oxygen atoms in total. The van der Waals surface area contributed by atoms with Crippen molar-refractivity contribution >= 4 is 15.7 Å². The summed E-state index contributed by atoms with van der Waals surface area (Å²) in [6, 6.07) is 32.8. The predicted molar refractivity (Wildman–Crippen MR) is 149 cm³/mol. The van der Waals surface area contributed by atoms with Gasteiger partial charge < -0.3 is 19.9 Å². The summed E-state index contributed by atoms with van der Waals surface area (Å²) in [5, 5.41) is 13.5. The van der Waals surface area contributed by atoms with Crippen LogP contribution < -0.4 is 19.5 Å². The maximum atomic E-state index is 12.4. The van der Waals surface area contributed by atoms with E-state index >= 15 is 0 Å². The Hall–Kier alpha value is -3.85. The number of hydrogen-bond acceptors (Lipinski definition) is 6. The summed E-state index contributed by atoms with van der Waals surface area (Å²) in [6.45, 7) is 1.74. The third-order valence-electron chi connectivity index (χ3n) is 5.74. The molecule has 38 heavy (non-hydrogen) atoms. The Kier molecular flexibility index (Phi) is 9.75. The number of rotatable bonds is 14. The van der Waals surface area contributed by atoms with E-state index in [0.29, 0.717) is 31.1 Å². The summed E-state index contributed by atoms with van der Waals surface area (Å²) in [5.41, 5.74) is 2.67.